The molecule has 1 fully saturated rings. The van der Waals surface area contributed by atoms with Gasteiger partial charge >= 0.3 is 0 Å². The largest absolute Gasteiger partial charge is 0.489 e. The molecule has 1 saturated heterocycles. The molecule has 0 unspecified atom stereocenters. The molecule has 1 aliphatic heterocycles. The number of carbonyl (C=O) groups excluding carboxylic acids is 1. The first-order chi connectivity index (χ1) is 17.1. The molecule has 5 nitrogen and oxygen atoms in total. The fourth-order valence-electron chi connectivity index (χ4n) is 4.67. The Kier molecular flexibility index (Phi) is 6.62. The number of likely N-dealkylation sites (tertiary alicyclic amines) is 1. The highest BCUT2D eigenvalue weighted by atomic mass is 19.1. The summed E-state index contributed by atoms with van der Waals surface area (Å²) in [7, 11) is 0. The molecule has 1 aliphatic rings. The van der Waals surface area contributed by atoms with E-state index in [9.17, 15) is 9.18 Å². The van der Waals surface area contributed by atoms with Crippen LogP contribution in [-0.4, -0.2) is 33.7 Å². The van der Waals surface area contributed by atoms with E-state index in [-0.39, 0.29) is 17.4 Å². The summed E-state index contributed by atoms with van der Waals surface area (Å²) in [5.41, 5.74) is 4.44. The van der Waals surface area contributed by atoms with E-state index in [4.69, 9.17) is 4.74 Å². The van der Waals surface area contributed by atoms with Gasteiger partial charge in [0.2, 0.25) is 0 Å². The minimum absolute atomic E-state index is 0.0546. The number of piperidine rings is 1. The predicted octanol–water partition coefficient (Wildman–Crippen LogP) is 5.92. The van der Waals surface area contributed by atoms with Gasteiger partial charge in [-0.05, 0) is 61.2 Å². The lowest BCUT2D eigenvalue weighted by Crippen LogP contribution is -2.38. The first-order valence-electron chi connectivity index (χ1n) is 12.0. The van der Waals surface area contributed by atoms with E-state index < -0.39 is 5.82 Å². The van der Waals surface area contributed by atoms with Crippen molar-refractivity contribution in [3.8, 4) is 11.4 Å². The highest BCUT2D eigenvalue weighted by molar-refractivity contribution is 5.95. The number of carbonyl (C=O) groups is 1. The van der Waals surface area contributed by atoms with Crippen LogP contribution >= 0.6 is 0 Å². The van der Waals surface area contributed by atoms with Gasteiger partial charge in [0, 0.05) is 30.9 Å². The zero-order chi connectivity index (χ0) is 24.2. The second-order valence-corrected chi connectivity index (χ2v) is 8.94. The van der Waals surface area contributed by atoms with Crippen LogP contribution in [0.1, 0.15) is 45.9 Å². The second kappa shape index (κ2) is 10.1. The monoisotopic (exact) mass is 469 g/mol. The highest BCUT2D eigenvalue weighted by Crippen LogP contribution is 2.31. The van der Waals surface area contributed by atoms with Gasteiger partial charge in [-0.25, -0.2) is 9.07 Å². The standard InChI is InChI=1S/C29H28FN3O2/c1-21-7-5-6-10-27(21)33-28(13-16-31-33)23-14-17-32(18-15-23)29(34)25-19-24(11-12-26(25)30)35-20-22-8-3-2-4-9-22/h2-13,16,19,23H,14-15,17-18,20H2,1H3. The third kappa shape index (κ3) is 4.97. The zero-order valence-electron chi connectivity index (χ0n) is 19.7. The molecule has 2 heterocycles. The normalized spacial score (nSPS) is 14.2. The first-order valence-corrected chi connectivity index (χ1v) is 12.0. The predicted molar refractivity (Wildman–Crippen MR) is 133 cm³/mol. The molecule has 5 rings (SSSR count). The van der Waals surface area contributed by atoms with Crippen LogP contribution in [0.4, 0.5) is 4.39 Å². The number of nitrogens with zero attached hydrogens (tertiary/aromatic N) is 3. The molecule has 1 aromatic heterocycles. The smallest absolute Gasteiger partial charge is 0.256 e. The first kappa shape index (κ1) is 22.8. The molecule has 178 valence electrons. The van der Waals surface area contributed by atoms with E-state index in [0.29, 0.717) is 25.4 Å². The van der Waals surface area contributed by atoms with Crippen molar-refractivity contribution in [1.82, 2.24) is 14.7 Å². The molecule has 3 aromatic carbocycles. The van der Waals surface area contributed by atoms with Gasteiger partial charge in [0.05, 0.1) is 11.3 Å². The maximum Gasteiger partial charge on any atom is 0.256 e. The number of benzene rings is 3. The van der Waals surface area contributed by atoms with Crippen molar-refractivity contribution in [3.05, 3.63) is 113 Å². The van der Waals surface area contributed by atoms with Crippen LogP contribution < -0.4 is 4.74 Å². The summed E-state index contributed by atoms with van der Waals surface area (Å²) in [5, 5.41) is 4.56. The van der Waals surface area contributed by atoms with Crippen LogP contribution in [0.2, 0.25) is 0 Å². The van der Waals surface area contributed by atoms with Crippen molar-refractivity contribution >= 4 is 5.91 Å². The number of amides is 1. The van der Waals surface area contributed by atoms with Gasteiger partial charge in [-0.15, -0.1) is 0 Å². The lowest BCUT2D eigenvalue weighted by atomic mass is 9.92. The summed E-state index contributed by atoms with van der Waals surface area (Å²) >= 11 is 0. The fraction of sp³-hybridized carbons (Fsp3) is 0.241. The van der Waals surface area contributed by atoms with E-state index in [2.05, 4.69) is 30.2 Å². The van der Waals surface area contributed by atoms with Crippen LogP contribution in [0.3, 0.4) is 0 Å². The molecule has 35 heavy (non-hydrogen) atoms. The van der Waals surface area contributed by atoms with Crippen molar-refractivity contribution in [2.24, 2.45) is 0 Å². The molecular weight excluding hydrogens is 441 g/mol. The minimum Gasteiger partial charge on any atom is -0.489 e. The van der Waals surface area contributed by atoms with Crippen molar-refractivity contribution in [2.75, 3.05) is 13.1 Å². The van der Waals surface area contributed by atoms with Crippen LogP contribution in [0.15, 0.2) is 85.1 Å². The van der Waals surface area contributed by atoms with Crippen LogP contribution in [-0.2, 0) is 6.61 Å². The molecule has 0 aliphatic carbocycles. The third-order valence-corrected chi connectivity index (χ3v) is 6.63. The van der Waals surface area contributed by atoms with Gasteiger partial charge in [-0.3, -0.25) is 4.79 Å². The molecular formula is C29H28FN3O2. The van der Waals surface area contributed by atoms with Crippen molar-refractivity contribution in [2.45, 2.75) is 32.3 Å². The Hall–Kier alpha value is -3.93. The van der Waals surface area contributed by atoms with Crippen molar-refractivity contribution in [1.29, 1.82) is 0 Å². The molecule has 0 radical (unpaired) electrons. The summed E-state index contributed by atoms with van der Waals surface area (Å²) in [6.45, 7) is 3.57. The van der Waals surface area contributed by atoms with Gasteiger partial charge in [-0.2, -0.15) is 5.10 Å². The van der Waals surface area contributed by atoms with Crippen molar-refractivity contribution < 1.29 is 13.9 Å². The molecule has 6 heteroatoms. The Balaban J connectivity index is 1.25. The Morgan fingerprint density at radius 1 is 1.00 bits per heavy atom. The number of hydrogen-bond acceptors (Lipinski definition) is 3. The molecule has 0 atom stereocenters. The number of ether oxygens (including phenoxy) is 1. The van der Waals surface area contributed by atoms with E-state index in [1.165, 1.54) is 12.1 Å². The van der Waals surface area contributed by atoms with Crippen LogP contribution in [0.25, 0.3) is 5.69 Å². The summed E-state index contributed by atoms with van der Waals surface area (Å²) in [4.78, 5) is 14.9. The molecule has 0 N–H and O–H groups in total. The Morgan fingerprint density at radius 2 is 1.74 bits per heavy atom. The van der Waals surface area contributed by atoms with Gasteiger partial charge in [0.1, 0.15) is 18.2 Å². The number of aromatic nitrogens is 2. The number of hydrogen-bond donors (Lipinski definition) is 0. The Bertz CT molecular complexity index is 1310. The number of halogens is 1. The third-order valence-electron chi connectivity index (χ3n) is 6.63. The molecule has 1 amide bonds. The SMILES string of the molecule is Cc1ccccc1-n1nccc1C1CCN(C(=O)c2cc(OCc3ccccc3)ccc2F)CC1. The average molecular weight is 470 g/mol. The molecule has 0 bridgehead atoms. The summed E-state index contributed by atoms with van der Waals surface area (Å²) in [6, 6.07) is 24.4. The lowest BCUT2D eigenvalue weighted by molar-refractivity contribution is 0.0706. The molecule has 0 saturated carbocycles. The second-order valence-electron chi connectivity index (χ2n) is 8.94. The van der Waals surface area contributed by atoms with Crippen LogP contribution in [0.5, 0.6) is 5.75 Å². The van der Waals surface area contributed by atoms with Gasteiger partial charge in [0.15, 0.2) is 0 Å². The Morgan fingerprint density at radius 3 is 2.51 bits per heavy atom. The Labute approximate surface area is 204 Å². The molecule has 0 spiro atoms. The zero-order valence-corrected chi connectivity index (χ0v) is 19.7. The number of para-hydroxylation sites is 1. The summed E-state index contributed by atoms with van der Waals surface area (Å²) < 4.78 is 22.4. The highest BCUT2D eigenvalue weighted by Gasteiger charge is 2.28. The average Bonchev–Trinajstić information content (AvgIpc) is 3.38. The lowest BCUT2D eigenvalue weighted by Gasteiger charge is -2.32. The van der Waals surface area contributed by atoms with E-state index in [1.807, 2.05) is 53.3 Å². The summed E-state index contributed by atoms with van der Waals surface area (Å²) in [5.74, 6) is -0.0532. The minimum atomic E-state index is -0.526. The van der Waals surface area contributed by atoms with E-state index >= 15 is 0 Å². The van der Waals surface area contributed by atoms with Crippen molar-refractivity contribution in [3.63, 3.8) is 0 Å². The quantitative estimate of drug-likeness (QED) is 0.352. The fourth-order valence-corrected chi connectivity index (χ4v) is 4.67. The molecule has 4 aromatic rings. The number of rotatable bonds is 6. The summed E-state index contributed by atoms with van der Waals surface area (Å²) in [6.07, 6.45) is 3.43. The van der Waals surface area contributed by atoms with Gasteiger partial charge < -0.3 is 9.64 Å². The van der Waals surface area contributed by atoms with Crippen LogP contribution in [0, 0.1) is 12.7 Å². The van der Waals surface area contributed by atoms with Gasteiger partial charge in [0.25, 0.3) is 5.91 Å². The topological polar surface area (TPSA) is 47.4 Å². The maximum absolute atomic E-state index is 14.6. The van der Waals surface area contributed by atoms with Gasteiger partial charge in [-0.1, -0.05) is 48.5 Å². The van der Waals surface area contributed by atoms with E-state index in [1.54, 1.807) is 11.0 Å². The number of aryl methyl sites for hydroxylation is 1. The van der Waals surface area contributed by atoms with E-state index in [0.717, 1.165) is 35.3 Å². The maximum atomic E-state index is 14.6.